The van der Waals surface area contributed by atoms with Crippen LogP contribution < -0.4 is 5.73 Å². The predicted octanol–water partition coefficient (Wildman–Crippen LogP) is 3.54. The average molecular weight is 292 g/mol. The number of nitrogens with zero attached hydrogens (tertiary/aromatic N) is 2. The monoisotopic (exact) mass is 291 g/mol. The molecule has 0 spiro atoms. The van der Waals surface area contributed by atoms with Gasteiger partial charge in [0.1, 0.15) is 0 Å². The second-order valence-corrected chi connectivity index (χ2v) is 5.78. The molecule has 1 unspecified atom stereocenters. The largest absolute Gasteiger partial charge is 0.321 e. The van der Waals surface area contributed by atoms with E-state index in [1.54, 1.807) is 0 Å². The van der Waals surface area contributed by atoms with Crippen LogP contribution in [0.5, 0.6) is 0 Å². The van der Waals surface area contributed by atoms with Gasteiger partial charge in [0, 0.05) is 29.2 Å². The Morgan fingerprint density at radius 2 is 2.00 bits per heavy atom. The minimum Gasteiger partial charge on any atom is -0.321 e. The van der Waals surface area contributed by atoms with E-state index in [9.17, 15) is 0 Å². The first-order valence-electron chi connectivity index (χ1n) is 7.07. The van der Waals surface area contributed by atoms with Crippen LogP contribution >= 0.6 is 11.6 Å². The van der Waals surface area contributed by atoms with Gasteiger partial charge in [0.05, 0.1) is 5.69 Å². The lowest BCUT2D eigenvalue weighted by Gasteiger charge is -2.26. The highest BCUT2D eigenvalue weighted by atomic mass is 35.5. The van der Waals surface area contributed by atoms with E-state index in [0.29, 0.717) is 0 Å². The van der Waals surface area contributed by atoms with Crippen LogP contribution in [-0.4, -0.2) is 9.78 Å². The zero-order chi connectivity index (χ0) is 14.8. The van der Waals surface area contributed by atoms with E-state index in [1.165, 1.54) is 0 Å². The third-order valence-electron chi connectivity index (χ3n) is 3.61. The maximum absolute atomic E-state index is 6.52. The van der Waals surface area contributed by atoms with Crippen LogP contribution in [0.25, 0.3) is 0 Å². The Labute approximate surface area is 125 Å². The zero-order valence-corrected chi connectivity index (χ0v) is 13.1. The third kappa shape index (κ3) is 3.05. The maximum atomic E-state index is 6.52. The molecule has 0 saturated heterocycles. The van der Waals surface area contributed by atoms with Crippen LogP contribution in [0.15, 0.2) is 30.3 Å². The standard InChI is InChI=1S/C16H22ClN3/c1-4-12-10-13(20(5-2)19-12)11-16(3,18)14-8-6-7-9-15(14)17/h6-10H,4-5,11,18H2,1-3H3. The van der Waals surface area contributed by atoms with Gasteiger partial charge >= 0.3 is 0 Å². The highest BCUT2D eigenvalue weighted by molar-refractivity contribution is 6.31. The summed E-state index contributed by atoms with van der Waals surface area (Å²) < 4.78 is 2.03. The fourth-order valence-electron chi connectivity index (χ4n) is 2.50. The Bertz CT molecular complexity index is 587. The molecular weight excluding hydrogens is 270 g/mol. The van der Waals surface area contributed by atoms with Crippen molar-refractivity contribution in [2.24, 2.45) is 5.73 Å². The fourth-order valence-corrected chi connectivity index (χ4v) is 2.85. The molecular formula is C16H22ClN3. The molecule has 0 saturated carbocycles. The van der Waals surface area contributed by atoms with E-state index < -0.39 is 5.54 Å². The van der Waals surface area contributed by atoms with Crippen molar-refractivity contribution in [2.75, 3.05) is 0 Å². The Balaban J connectivity index is 2.33. The number of hydrogen-bond acceptors (Lipinski definition) is 2. The van der Waals surface area contributed by atoms with Crippen molar-refractivity contribution in [3.8, 4) is 0 Å². The molecule has 0 aliphatic carbocycles. The zero-order valence-electron chi connectivity index (χ0n) is 12.4. The van der Waals surface area contributed by atoms with Crippen molar-refractivity contribution < 1.29 is 0 Å². The van der Waals surface area contributed by atoms with Crippen LogP contribution in [0.1, 0.15) is 37.7 Å². The van der Waals surface area contributed by atoms with Gasteiger partial charge in [-0.05, 0) is 38.0 Å². The van der Waals surface area contributed by atoms with Gasteiger partial charge in [-0.3, -0.25) is 4.68 Å². The van der Waals surface area contributed by atoms with Gasteiger partial charge in [-0.25, -0.2) is 0 Å². The van der Waals surface area contributed by atoms with Crippen LogP contribution in [-0.2, 0) is 24.9 Å². The summed E-state index contributed by atoms with van der Waals surface area (Å²) in [5.41, 5.74) is 9.26. The summed E-state index contributed by atoms with van der Waals surface area (Å²) in [6.07, 6.45) is 1.66. The molecule has 0 aliphatic rings. The van der Waals surface area contributed by atoms with Gasteiger partial charge in [0.25, 0.3) is 0 Å². The number of nitrogens with two attached hydrogens (primary N) is 1. The maximum Gasteiger partial charge on any atom is 0.0624 e. The summed E-state index contributed by atoms with van der Waals surface area (Å²) >= 11 is 6.28. The van der Waals surface area contributed by atoms with Crippen molar-refractivity contribution in [3.05, 3.63) is 52.3 Å². The quantitative estimate of drug-likeness (QED) is 0.916. The molecule has 0 amide bonds. The molecule has 1 heterocycles. The summed E-state index contributed by atoms with van der Waals surface area (Å²) in [5, 5.41) is 5.29. The molecule has 4 heteroatoms. The number of aromatic nitrogens is 2. The van der Waals surface area contributed by atoms with E-state index in [2.05, 4.69) is 25.0 Å². The highest BCUT2D eigenvalue weighted by Crippen LogP contribution is 2.29. The van der Waals surface area contributed by atoms with Gasteiger partial charge in [0.15, 0.2) is 0 Å². The summed E-state index contributed by atoms with van der Waals surface area (Å²) in [7, 11) is 0. The van der Waals surface area contributed by atoms with Gasteiger partial charge < -0.3 is 5.73 Å². The summed E-state index contributed by atoms with van der Waals surface area (Å²) in [6.45, 7) is 7.09. The fraction of sp³-hybridized carbons (Fsp3) is 0.438. The summed E-state index contributed by atoms with van der Waals surface area (Å²) in [6, 6.07) is 9.92. The van der Waals surface area contributed by atoms with Gasteiger partial charge in [-0.2, -0.15) is 5.10 Å². The number of halogens is 1. The highest BCUT2D eigenvalue weighted by Gasteiger charge is 2.26. The van der Waals surface area contributed by atoms with E-state index in [-0.39, 0.29) is 0 Å². The second-order valence-electron chi connectivity index (χ2n) is 5.37. The molecule has 108 valence electrons. The molecule has 0 fully saturated rings. The third-order valence-corrected chi connectivity index (χ3v) is 3.94. The van der Waals surface area contributed by atoms with Crippen LogP contribution in [0.2, 0.25) is 5.02 Å². The molecule has 1 atom stereocenters. The molecule has 0 bridgehead atoms. The minimum absolute atomic E-state index is 0.504. The number of benzene rings is 1. The molecule has 2 aromatic rings. The second kappa shape index (κ2) is 5.98. The first-order chi connectivity index (χ1) is 9.47. The van der Waals surface area contributed by atoms with Crippen molar-refractivity contribution in [2.45, 2.75) is 45.7 Å². The van der Waals surface area contributed by atoms with Gasteiger partial charge in [-0.1, -0.05) is 36.7 Å². The Kier molecular flexibility index (Phi) is 4.51. The first-order valence-corrected chi connectivity index (χ1v) is 7.45. The van der Waals surface area contributed by atoms with Crippen LogP contribution in [0.3, 0.4) is 0 Å². The van der Waals surface area contributed by atoms with E-state index >= 15 is 0 Å². The normalized spacial score (nSPS) is 14.2. The number of rotatable bonds is 5. The molecule has 0 aliphatic heterocycles. The number of aryl methyl sites for hydroxylation is 2. The van der Waals surface area contributed by atoms with E-state index in [1.807, 2.05) is 35.9 Å². The summed E-state index contributed by atoms with van der Waals surface area (Å²) in [5.74, 6) is 0. The molecule has 1 aromatic heterocycles. The lowest BCUT2D eigenvalue weighted by molar-refractivity contribution is 0.464. The smallest absolute Gasteiger partial charge is 0.0624 e. The Morgan fingerprint density at radius 3 is 2.60 bits per heavy atom. The first kappa shape index (κ1) is 15.1. The summed E-state index contributed by atoms with van der Waals surface area (Å²) in [4.78, 5) is 0. The Morgan fingerprint density at radius 1 is 1.30 bits per heavy atom. The number of hydrogen-bond donors (Lipinski definition) is 1. The van der Waals surface area contributed by atoms with Crippen molar-refractivity contribution in [3.63, 3.8) is 0 Å². The van der Waals surface area contributed by atoms with E-state index in [0.717, 1.165) is 41.4 Å². The Hall–Kier alpha value is -1.32. The van der Waals surface area contributed by atoms with E-state index in [4.69, 9.17) is 17.3 Å². The van der Waals surface area contributed by atoms with Crippen molar-refractivity contribution >= 4 is 11.6 Å². The molecule has 3 nitrogen and oxygen atoms in total. The minimum atomic E-state index is -0.504. The molecule has 1 aromatic carbocycles. The lowest BCUT2D eigenvalue weighted by atomic mass is 9.88. The topological polar surface area (TPSA) is 43.8 Å². The average Bonchev–Trinajstić information content (AvgIpc) is 2.80. The lowest BCUT2D eigenvalue weighted by Crippen LogP contribution is -2.36. The predicted molar refractivity (Wildman–Crippen MR) is 84.0 cm³/mol. The van der Waals surface area contributed by atoms with Crippen molar-refractivity contribution in [1.29, 1.82) is 0 Å². The SMILES string of the molecule is CCc1cc(CC(C)(N)c2ccccc2Cl)n(CC)n1. The van der Waals surface area contributed by atoms with Crippen LogP contribution in [0, 0.1) is 0 Å². The molecule has 2 rings (SSSR count). The molecule has 2 N–H and O–H groups in total. The van der Waals surface area contributed by atoms with Gasteiger partial charge in [-0.15, -0.1) is 0 Å². The van der Waals surface area contributed by atoms with Crippen molar-refractivity contribution in [1.82, 2.24) is 9.78 Å². The molecule has 20 heavy (non-hydrogen) atoms. The van der Waals surface area contributed by atoms with Crippen LogP contribution in [0.4, 0.5) is 0 Å². The molecule has 0 radical (unpaired) electrons. The van der Waals surface area contributed by atoms with Gasteiger partial charge in [0.2, 0.25) is 0 Å².